The third-order valence-corrected chi connectivity index (χ3v) is 23.2. The fourth-order valence-corrected chi connectivity index (χ4v) is 10.9. The number of halogens is 2. The van der Waals surface area contributed by atoms with Crippen molar-refractivity contribution in [3.8, 4) is 12.1 Å². The number of carbonyl (C=O) groups is 2. The number of rotatable bonds is 6. The third kappa shape index (κ3) is 8.39. The Hall–Kier alpha value is -3.11. The first-order valence-electron chi connectivity index (χ1n) is 19.9. The molecule has 4 amide bonds. The van der Waals surface area contributed by atoms with Crippen LogP contribution in [0.5, 0.6) is 0 Å². The van der Waals surface area contributed by atoms with E-state index in [2.05, 4.69) is 79.9 Å². The van der Waals surface area contributed by atoms with Crippen molar-refractivity contribution in [2.24, 2.45) is 0 Å². The van der Waals surface area contributed by atoms with E-state index >= 15 is 0 Å². The van der Waals surface area contributed by atoms with Gasteiger partial charge >= 0.3 is 12.1 Å². The van der Waals surface area contributed by atoms with Crippen LogP contribution < -0.4 is 9.80 Å². The van der Waals surface area contributed by atoms with Crippen LogP contribution in [-0.2, 0) is 8.85 Å². The van der Waals surface area contributed by atoms with Crippen molar-refractivity contribution in [3.63, 3.8) is 0 Å². The molecule has 4 saturated heterocycles. The van der Waals surface area contributed by atoms with Crippen LogP contribution in [0.4, 0.5) is 21.0 Å². The molecule has 0 spiro atoms. The molecule has 2 aromatic rings. The Balaban J connectivity index is 0.000000214. The number of hydrogen-bond donors (Lipinski definition) is 0. The van der Waals surface area contributed by atoms with Crippen LogP contribution in [0.3, 0.4) is 0 Å². The van der Waals surface area contributed by atoms with Crippen molar-refractivity contribution in [3.05, 3.63) is 56.6 Å². The maximum Gasteiger partial charge on any atom is 0.324 e. The second kappa shape index (κ2) is 16.3. The van der Waals surface area contributed by atoms with E-state index in [1.807, 2.05) is 35.8 Å². The molecular formula is C42H60Cl2N6O4Si2. The summed E-state index contributed by atoms with van der Waals surface area (Å²) < 4.78 is 13.5. The van der Waals surface area contributed by atoms with E-state index in [0.29, 0.717) is 34.3 Å². The SMILES string of the molecule is Cc1c(N2C[C@@H]3[C@H](O[Si](C)(C)C(C)(C)C)CCCN3C2=O)ccc(C#N)c1Cl.Cc1c(N2C[C@H]3[C@@H](O[Si](C)(C)C(C)(C)C)CCCN3C2=O)ccc(C#N)c1Cl. The summed E-state index contributed by atoms with van der Waals surface area (Å²) in [6, 6.07) is 11.4. The number of urea groups is 2. The highest BCUT2D eigenvalue weighted by Gasteiger charge is 2.50. The largest absolute Gasteiger partial charge is 0.412 e. The van der Waals surface area contributed by atoms with Gasteiger partial charge in [-0.05, 0) is 111 Å². The van der Waals surface area contributed by atoms with Crippen molar-refractivity contribution < 1.29 is 18.4 Å². The minimum atomic E-state index is -1.92. The van der Waals surface area contributed by atoms with Crippen LogP contribution in [-0.4, -0.2) is 89.0 Å². The summed E-state index contributed by atoms with van der Waals surface area (Å²) in [5, 5.41) is 19.5. The second-order valence-electron chi connectivity index (χ2n) is 18.8. The molecule has 4 aliphatic heterocycles. The van der Waals surface area contributed by atoms with Gasteiger partial charge in [0, 0.05) is 24.5 Å². The predicted molar refractivity (Wildman–Crippen MR) is 231 cm³/mol. The molecule has 0 radical (unpaired) electrons. The molecule has 4 aliphatic rings. The van der Waals surface area contributed by atoms with E-state index in [0.717, 1.165) is 61.3 Å². The van der Waals surface area contributed by atoms with Crippen LogP contribution in [0.15, 0.2) is 24.3 Å². The molecule has 6 rings (SSSR count). The van der Waals surface area contributed by atoms with Gasteiger partial charge in [0.05, 0.1) is 58.6 Å². The van der Waals surface area contributed by atoms with Gasteiger partial charge in [-0.15, -0.1) is 0 Å². The zero-order valence-electron chi connectivity index (χ0n) is 35.3. The Morgan fingerprint density at radius 3 is 1.30 bits per heavy atom. The molecule has 2 aromatic carbocycles. The highest BCUT2D eigenvalue weighted by molar-refractivity contribution is 6.74. The molecule has 304 valence electrons. The standard InChI is InChI=1S/2C21H30ClN3O2Si/c2*1-14-16(10-9-15(12-23)19(14)22)25-13-17-18(8-7-11-24(17)20(25)26)27-28(5,6)21(2,3)4/h2*9-10,17-18H,7-8,11,13H2,1-6H3/t2*17-,18-/m10/s1. The quantitative estimate of drug-likeness (QED) is 0.268. The zero-order valence-corrected chi connectivity index (χ0v) is 38.9. The van der Waals surface area contributed by atoms with E-state index in [-0.39, 0.29) is 46.4 Å². The fraction of sp³-hybridized carbons (Fsp3) is 0.619. The van der Waals surface area contributed by atoms with Crippen LogP contribution in [0.2, 0.25) is 46.3 Å². The smallest absolute Gasteiger partial charge is 0.324 e. The fourth-order valence-electron chi connectivity index (χ4n) is 7.69. The molecule has 4 fully saturated rings. The first-order chi connectivity index (χ1) is 26.0. The topological polar surface area (TPSA) is 113 Å². The Morgan fingerprint density at radius 2 is 1.00 bits per heavy atom. The summed E-state index contributed by atoms with van der Waals surface area (Å²) in [5.41, 5.74) is 3.99. The first-order valence-corrected chi connectivity index (χ1v) is 26.4. The van der Waals surface area contributed by atoms with Gasteiger partial charge < -0.3 is 18.7 Å². The van der Waals surface area contributed by atoms with E-state index < -0.39 is 16.6 Å². The van der Waals surface area contributed by atoms with Gasteiger partial charge in [-0.3, -0.25) is 9.80 Å². The van der Waals surface area contributed by atoms with Crippen LogP contribution in [0.1, 0.15) is 89.5 Å². The number of nitriles is 2. The number of hydrogen-bond acceptors (Lipinski definition) is 6. The molecule has 0 saturated carbocycles. The Morgan fingerprint density at radius 1 is 0.661 bits per heavy atom. The lowest BCUT2D eigenvalue weighted by Gasteiger charge is -2.44. The van der Waals surface area contributed by atoms with Crippen molar-refractivity contribution in [2.75, 3.05) is 36.0 Å². The van der Waals surface area contributed by atoms with Crippen LogP contribution in [0.25, 0.3) is 0 Å². The number of benzene rings is 2. The number of fused-ring (bicyclic) bond motifs is 2. The zero-order chi connectivity index (χ0) is 41.7. The summed E-state index contributed by atoms with van der Waals surface area (Å²) >= 11 is 12.7. The summed E-state index contributed by atoms with van der Waals surface area (Å²) in [6.45, 7) is 29.0. The Labute approximate surface area is 346 Å². The summed E-state index contributed by atoms with van der Waals surface area (Å²) in [7, 11) is -3.84. The van der Waals surface area contributed by atoms with Crippen LogP contribution in [0, 0.1) is 36.5 Å². The maximum atomic E-state index is 13.2. The number of anilines is 2. The third-order valence-electron chi connectivity index (χ3n) is 13.2. The average Bonchev–Trinajstić information content (AvgIpc) is 3.63. The molecule has 0 unspecified atom stereocenters. The van der Waals surface area contributed by atoms with E-state index in [1.54, 1.807) is 21.9 Å². The molecule has 14 heteroatoms. The molecule has 0 aromatic heterocycles. The van der Waals surface area contributed by atoms with Gasteiger partial charge in [-0.1, -0.05) is 64.7 Å². The van der Waals surface area contributed by atoms with E-state index in [9.17, 15) is 20.1 Å². The second-order valence-corrected chi connectivity index (χ2v) is 29.1. The van der Waals surface area contributed by atoms with Crippen molar-refractivity contribution in [1.29, 1.82) is 10.5 Å². The number of amides is 4. The summed E-state index contributed by atoms with van der Waals surface area (Å²) in [6.07, 6.45) is 4.03. The molecule has 0 bridgehead atoms. The van der Waals surface area contributed by atoms with Gasteiger partial charge in [0.25, 0.3) is 0 Å². The molecule has 0 aliphatic carbocycles. The summed E-state index contributed by atoms with van der Waals surface area (Å²) in [5.74, 6) is 0. The Bertz CT molecular complexity index is 1790. The molecule has 10 nitrogen and oxygen atoms in total. The molecule has 0 N–H and O–H groups in total. The average molecular weight is 840 g/mol. The normalized spacial score (nSPS) is 23.0. The monoisotopic (exact) mass is 838 g/mol. The van der Waals surface area contributed by atoms with Gasteiger partial charge in [-0.2, -0.15) is 10.5 Å². The number of piperidine rings is 2. The maximum absolute atomic E-state index is 13.2. The van der Waals surface area contributed by atoms with Crippen molar-refractivity contribution in [2.45, 2.75) is 142 Å². The number of carbonyl (C=O) groups excluding carboxylic acids is 2. The highest BCUT2D eigenvalue weighted by Crippen LogP contribution is 2.43. The first kappa shape index (κ1) is 44.0. The lowest BCUT2D eigenvalue weighted by atomic mass is 10.0. The minimum absolute atomic E-state index is 0.0115. The van der Waals surface area contributed by atoms with Crippen LogP contribution >= 0.6 is 23.2 Å². The van der Waals surface area contributed by atoms with Gasteiger partial charge in [0.15, 0.2) is 16.6 Å². The Kier molecular flexibility index (Phi) is 12.8. The van der Waals surface area contributed by atoms with E-state index in [4.69, 9.17) is 32.1 Å². The predicted octanol–water partition coefficient (Wildman–Crippen LogP) is 10.6. The molecule has 56 heavy (non-hydrogen) atoms. The highest BCUT2D eigenvalue weighted by atomic mass is 35.5. The van der Waals surface area contributed by atoms with Gasteiger partial charge in [0.2, 0.25) is 0 Å². The minimum Gasteiger partial charge on any atom is -0.412 e. The lowest BCUT2D eigenvalue weighted by Crippen LogP contribution is -2.53. The molecular weight excluding hydrogens is 780 g/mol. The molecule has 4 atom stereocenters. The van der Waals surface area contributed by atoms with Crippen molar-refractivity contribution in [1.82, 2.24) is 9.80 Å². The van der Waals surface area contributed by atoms with Gasteiger partial charge in [0.1, 0.15) is 12.1 Å². The lowest BCUT2D eigenvalue weighted by molar-refractivity contribution is 0.0597. The number of nitrogens with zero attached hydrogens (tertiary/aromatic N) is 6. The van der Waals surface area contributed by atoms with E-state index in [1.165, 1.54) is 0 Å². The molecule has 4 heterocycles. The summed E-state index contributed by atoms with van der Waals surface area (Å²) in [4.78, 5) is 33.9. The van der Waals surface area contributed by atoms with Crippen molar-refractivity contribution >= 4 is 63.3 Å². The van der Waals surface area contributed by atoms with Gasteiger partial charge in [-0.25, -0.2) is 9.59 Å².